The third-order valence-corrected chi connectivity index (χ3v) is 4.17. The predicted octanol–water partition coefficient (Wildman–Crippen LogP) is 3.50. The molecule has 0 aliphatic rings. The molecule has 2 nitrogen and oxygen atoms in total. The van der Waals surface area contributed by atoms with Crippen LogP contribution in [0.4, 0.5) is 0 Å². The quantitative estimate of drug-likeness (QED) is 0.581. The van der Waals surface area contributed by atoms with E-state index in [4.69, 9.17) is 10.00 Å². The van der Waals surface area contributed by atoms with Crippen molar-refractivity contribution in [3.8, 4) is 10.4 Å². The zero-order chi connectivity index (χ0) is 10.4. The molecule has 0 atom stereocenters. The van der Waals surface area contributed by atoms with Crippen LogP contribution < -0.4 is 4.74 Å². The molecule has 4 heteroatoms. The van der Waals surface area contributed by atoms with Gasteiger partial charge in [0.2, 0.25) is 0 Å². The molecule has 0 aliphatic heterocycles. The zero-order valence-electron chi connectivity index (χ0n) is 8.24. The fourth-order valence-electron chi connectivity index (χ4n) is 0.991. The second-order valence-corrected chi connectivity index (χ2v) is 4.88. The van der Waals surface area contributed by atoms with Gasteiger partial charge in [-0.25, -0.2) is 0 Å². The maximum absolute atomic E-state index is 8.72. The average molecular weight is 226 g/mol. The Morgan fingerprint density at radius 2 is 2.57 bits per heavy atom. The fourth-order valence-corrected chi connectivity index (χ4v) is 2.93. The Labute approximate surface area is 92.1 Å². The lowest BCUT2D eigenvalue weighted by Crippen LogP contribution is -1.83. The van der Waals surface area contributed by atoms with Crippen molar-refractivity contribution in [3.63, 3.8) is 0 Å². The lowest BCUT2D eigenvalue weighted by molar-refractivity contribution is 0.438. The first-order valence-electron chi connectivity index (χ1n) is 4.30. The Bertz CT molecular complexity index is 362. The average Bonchev–Trinajstić information content (AvgIpc) is 2.67. The van der Waals surface area contributed by atoms with Gasteiger partial charge < -0.3 is 0 Å². The summed E-state index contributed by atoms with van der Waals surface area (Å²) in [6.45, 7) is 1.90. The summed E-state index contributed by atoms with van der Waals surface area (Å²) in [6.07, 6.45) is 3.62. The maximum Gasteiger partial charge on any atom is 0.392 e. The third-order valence-electron chi connectivity index (χ3n) is 1.80. The lowest BCUT2D eigenvalue weighted by Gasteiger charge is -1.90. The van der Waals surface area contributed by atoms with Crippen LogP contribution in [-0.4, -0.2) is 7.11 Å². The summed E-state index contributed by atoms with van der Waals surface area (Å²) >= 11 is 3.27. The number of ether oxygens (including phenoxy) is 1. The lowest BCUT2D eigenvalue weighted by atomic mass is 10.1. The molecule has 0 aliphatic carbocycles. The van der Waals surface area contributed by atoms with Gasteiger partial charge in [0.05, 0.1) is 6.07 Å². The van der Waals surface area contributed by atoms with Crippen LogP contribution in [0.2, 0.25) is 0 Å². The Balaban J connectivity index is 2.50. The van der Waals surface area contributed by atoms with Gasteiger partial charge in [0, 0.05) is 19.1 Å². The van der Waals surface area contributed by atoms with Crippen LogP contribution in [0.5, 0.6) is 4.38 Å². The molecule has 0 radical (unpaired) electrons. The molecule has 0 fully saturated rings. The van der Waals surface area contributed by atoms with E-state index >= 15 is 0 Å². The summed E-state index contributed by atoms with van der Waals surface area (Å²) in [4.78, 5) is 1.28. The van der Waals surface area contributed by atoms with Gasteiger partial charge in [0.1, 0.15) is 32.9 Å². The minimum atomic E-state index is 0.823. The zero-order valence-corrected chi connectivity index (χ0v) is 9.87. The molecule has 0 unspecified atom stereocenters. The largest absolute Gasteiger partial charge is 0.392 e. The molecule has 0 amide bonds. The SMILES string of the molecule is CC=C(C#N)CCc1c[s+]c(OC)s1. The second-order valence-electron chi connectivity index (χ2n) is 2.68. The van der Waals surface area contributed by atoms with Crippen LogP contribution in [0.25, 0.3) is 0 Å². The first-order valence-corrected chi connectivity index (χ1v) is 5.99. The van der Waals surface area contributed by atoms with Crippen molar-refractivity contribution in [2.45, 2.75) is 19.8 Å². The van der Waals surface area contributed by atoms with E-state index in [2.05, 4.69) is 11.4 Å². The van der Waals surface area contributed by atoms with Crippen molar-refractivity contribution in [2.24, 2.45) is 0 Å². The topological polar surface area (TPSA) is 33.0 Å². The van der Waals surface area contributed by atoms with E-state index in [1.165, 1.54) is 4.88 Å². The summed E-state index contributed by atoms with van der Waals surface area (Å²) in [5.74, 6) is 0. The summed E-state index contributed by atoms with van der Waals surface area (Å²) in [6, 6.07) is 2.18. The fraction of sp³-hybridized carbons (Fsp3) is 0.400. The van der Waals surface area contributed by atoms with Gasteiger partial charge in [-0.3, -0.25) is 4.74 Å². The smallest absolute Gasteiger partial charge is 0.295 e. The molecule has 1 rings (SSSR count). The van der Waals surface area contributed by atoms with E-state index in [9.17, 15) is 0 Å². The number of allylic oxidation sites excluding steroid dienone is 2. The van der Waals surface area contributed by atoms with Crippen molar-refractivity contribution >= 4 is 22.7 Å². The normalized spacial score (nSPS) is 11.4. The van der Waals surface area contributed by atoms with E-state index in [1.54, 1.807) is 29.8 Å². The molecule has 14 heavy (non-hydrogen) atoms. The molecule has 74 valence electrons. The Morgan fingerprint density at radius 3 is 3.07 bits per heavy atom. The summed E-state index contributed by atoms with van der Waals surface area (Å²) in [5, 5.41) is 10.8. The Hall–Kier alpha value is -0.760. The van der Waals surface area contributed by atoms with Gasteiger partial charge in [0.15, 0.2) is 0 Å². The molecule has 1 aromatic heterocycles. The molecule has 0 N–H and O–H groups in total. The maximum atomic E-state index is 8.72. The molecule has 0 aromatic carbocycles. The summed E-state index contributed by atoms with van der Waals surface area (Å²) in [7, 11) is 1.68. The van der Waals surface area contributed by atoms with E-state index in [0.29, 0.717) is 0 Å². The molecule has 1 aromatic rings. The highest BCUT2D eigenvalue weighted by atomic mass is 32.2. The summed E-state index contributed by atoms with van der Waals surface area (Å²) in [5.41, 5.74) is 0.849. The molecule has 0 saturated heterocycles. The number of rotatable bonds is 4. The van der Waals surface area contributed by atoms with Crippen molar-refractivity contribution in [3.05, 3.63) is 21.9 Å². The first-order chi connectivity index (χ1) is 6.80. The monoisotopic (exact) mass is 226 g/mol. The van der Waals surface area contributed by atoms with Crippen LogP contribution in [-0.2, 0) is 6.42 Å². The van der Waals surface area contributed by atoms with Crippen LogP contribution in [0.1, 0.15) is 18.2 Å². The summed E-state index contributed by atoms with van der Waals surface area (Å²) < 4.78 is 6.08. The van der Waals surface area contributed by atoms with Gasteiger partial charge in [-0.05, 0) is 13.3 Å². The van der Waals surface area contributed by atoms with Crippen LogP contribution in [0.15, 0.2) is 17.0 Å². The Morgan fingerprint density at radius 1 is 1.79 bits per heavy atom. The second kappa shape index (κ2) is 5.86. The van der Waals surface area contributed by atoms with Crippen molar-refractivity contribution in [1.82, 2.24) is 0 Å². The number of hydrogen-bond donors (Lipinski definition) is 0. The highest BCUT2D eigenvalue weighted by Gasteiger charge is 2.13. The highest BCUT2D eigenvalue weighted by Crippen LogP contribution is 2.31. The van der Waals surface area contributed by atoms with Crippen LogP contribution in [0.3, 0.4) is 0 Å². The van der Waals surface area contributed by atoms with Gasteiger partial charge in [-0.2, -0.15) is 5.26 Å². The van der Waals surface area contributed by atoms with Gasteiger partial charge in [0.25, 0.3) is 0 Å². The van der Waals surface area contributed by atoms with Gasteiger partial charge in [-0.15, -0.1) is 0 Å². The van der Waals surface area contributed by atoms with Crippen LogP contribution in [0, 0.1) is 11.3 Å². The van der Waals surface area contributed by atoms with Gasteiger partial charge in [-0.1, -0.05) is 6.08 Å². The Kier molecular flexibility index (Phi) is 4.74. The predicted molar refractivity (Wildman–Crippen MR) is 60.8 cm³/mol. The number of nitrogens with zero attached hydrogens (tertiary/aromatic N) is 1. The minimum Gasteiger partial charge on any atom is -0.295 e. The highest BCUT2D eigenvalue weighted by molar-refractivity contribution is 7.32. The van der Waals surface area contributed by atoms with Crippen molar-refractivity contribution in [2.75, 3.05) is 7.11 Å². The first kappa shape index (κ1) is 11.3. The van der Waals surface area contributed by atoms with Crippen molar-refractivity contribution in [1.29, 1.82) is 5.26 Å². The number of aryl methyl sites for hydroxylation is 1. The van der Waals surface area contributed by atoms with Crippen LogP contribution >= 0.6 is 22.7 Å². The molecule has 1 heterocycles. The standard InChI is InChI=1S/C10H12NOS2/c1-3-8(6-11)4-5-9-7-13-10(12-2)14-9/h3,7H,4-5H2,1-2H3/q+1. The van der Waals surface area contributed by atoms with E-state index in [0.717, 1.165) is 22.8 Å². The van der Waals surface area contributed by atoms with Gasteiger partial charge >= 0.3 is 4.38 Å². The number of nitriles is 1. The third kappa shape index (κ3) is 3.18. The number of methoxy groups -OCH3 is 1. The minimum absolute atomic E-state index is 0.823. The van der Waals surface area contributed by atoms with E-state index < -0.39 is 0 Å². The molecule has 0 spiro atoms. The van der Waals surface area contributed by atoms with Crippen molar-refractivity contribution < 1.29 is 4.74 Å². The number of hydrogen-bond acceptors (Lipinski definition) is 3. The molecule has 0 saturated carbocycles. The van der Waals surface area contributed by atoms with E-state index in [1.807, 2.05) is 13.0 Å². The molecule has 0 bridgehead atoms. The molecular weight excluding hydrogens is 214 g/mol. The molecular formula is C10H12NOS2+. The van der Waals surface area contributed by atoms with E-state index in [-0.39, 0.29) is 0 Å².